The molecule has 2 saturated carbocycles. The van der Waals surface area contributed by atoms with E-state index < -0.39 is 0 Å². The third-order valence-electron chi connectivity index (χ3n) is 4.45. The Kier molecular flexibility index (Phi) is 3.03. The van der Waals surface area contributed by atoms with Crippen molar-refractivity contribution in [2.45, 2.75) is 64.9 Å². The summed E-state index contributed by atoms with van der Waals surface area (Å²) in [4.78, 5) is 10.9. The molecule has 0 N–H and O–H groups in total. The lowest BCUT2D eigenvalue weighted by Crippen LogP contribution is -2.39. The van der Waals surface area contributed by atoms with Gasteiger partial charge in [0.25, 0.3) is 0 Å². The number of carbonyl (C=O) groups is 1. The van der Waals surface area contributed by atoms with Crippen LogP contribution in [0.25, 0.3) is 0 Å². The van der Waals surface area contributed by atoms with Gasteiger partial charge in [-0.15, -0.1) is 0 Å². The van der Waals surface area contributed by atoms with Crippen molar-refractivity contribution < 1.29 is 9.53 Å². The van der Waals surface area contributed by atoms with Crippen LogP contribution in [0.2, 0.25) is 0 Å². The molecule has 2 aliphatic carbocycles. The normalized spacial score (nSPS) is 40.7. The first-order valence-electron chi connectivity index (χ1n) is 6.27. The summed E-state index contributed by atoms with van der Waals surface area (Å²) in [5.41, 5.74) is 0.550. The van der Waals surface area contributed by atoms with E-state index in [0.717, 1.165) is 18.8 Å². The van der Waals surface area contributed by atoms with Crippen molar-refractivity contribution in [3.05, 3.63) is 0 Å². The van der Waals surface area contributed by atoms with Gasteiger partial charge in [0, 0.05) is 6.92 Å². The first-order valence-corrected chi connectivity index (χ1v) is 6.27. The Hall–Kier alpha value is -0.530. The number of rotatable bonds is 1. The summed E-state index contributed by atoms with van der Waals surface area (Å²) in [6.07, 6.45) is 9.12. The Morgan fingerprint density at radius 3 is 2.80 bits per heavy atom. The monoisotopic (exact) mass is 210 g/mol. The molecule has 2 nitrogen and oxygen atoms in total. The van der Waals surface area contributed by atoms with Gasteiger partial charge in [-0.1, -0.05) is 19.8 Å². The molecule has 86 valence electrons. The van der Waals surface area contributed by atoms with E-state index in [9.17, 15) is 4.79 Å². The topological polar surface area (TPSA) is 26.3 Å². The first kappa shape index (κ1) is 11.0. The highest BCUT2D eigenvalue weighted by Gasteiger charge is 2.41. The first-order chi connectivity index (χ1) is 7.10. The maximum Gasteiger partial charge on any atom is 0.302 e. The number of hydrogen-bond donors (Lipinski definition) is 0. The molecule has 15 heavy (non-hydrogen) atoms. The van der Waals surface area contributed by atoms with Crippen molar-refractivity contribution in [1.82, 2.24) is 0 Å². The molecule has 0 bridgehead atoms. The lowest BCUT2D eigenvalue weighted by atomic mass is 9.60. The molecule has 0 radical (unpaired) electrons. The molecular weight excluding hydrogens is 188 g/mol. The Morgan fingerprint density at radius 1 is 1.27 bits per heavy atom. The Balaban J connectivity index is 1.95. The predicted octanol–water partition coefficient (Wildman–Crippen LogP) is 3.30. The number of ether oxygens (including phenoxy) is 1. The quantitative estimate of drug-likeness (QED) is 0.621. The van der Waals surface area contributed by atoms with Crippen molar-refractivity contribution in [2.75, 3.05) is 0 Å². The van der Waals surface area contributed by atoms with Gasteiger partial charge in [-0.25, -0.2) is 0 Å². The zero-order chi connectivity index (χ0) is 10.9. The average molecular weight is 210 g/mol. The molecule has 2 fully saturated rings. The van der Waals surface area contributed by atoms with Crippen molar-refractivity contribution >= 4 is 5.97 Å². The van der Waals surface area contributed by atoms with E-state index in [0.29, 0.717) is 5.41 Å². The number of fused-ring (bicyclic) bond motifs is 1. The molecule has 3 atom stereocenters. The summed E-state index contributed by atoms with van der Waals surface area (Å²) in [7, 11) is 0. The molecule has 2 rings (SSSR count). The maximum absolute atomic E-state index is 10.9. The minimum absolute atomic E-state index is 0.112. The van der Waals surface area contributed by atoms with Crippen LogP contribution >= 0.6 is 0 Å². The number of hydrogen-bond acceptors (Lipinski definition) is 2. The summed E-state index contributed by atoms with van der Waals surface area (Å²) in [6.45, 7) is 3.95. The summed E-state index contributed by atoms with van der Waals surface area (Å²) in [5, 5.41) is 0. The van der Waals surface area contributed by atoms with E-state index in [1.165, 1.54) is 39.0 Å². The standard InChI is InChI=1S/C13H22O2/c1-10(14)15-12-6-8-13(2)7-4-3-5-11(13)9-12/h11-12H,3-9H2,1-2H3/t11?,12-,13-/m0/s1. The van der Waals surface area contributed by atoms with Gasteiger partial charge in [-0.05, 0) is 43.4 Å². The van der Waals surface area contributed by atoms with Crippen LogP contribution in [0.15, 0.2) is 0 Å². The Bertz CT molecular complexity index is 249. The minimum Gasteiger partial charge on any atom is -0.463 e. The van der Waals surface area contributed by atoms with Gasteiger partial charge < -0.3 is 4.74 Å². The molecule has 0 aliphatic heterocycles. The summed E-state index contributed by atoms with van der Waals surface area (Å²) < 4.78 is 5.35. The van der Waals surface area contributed by atoms with Gasteiger partial charge in [-0.3, -0.25) is 4.79 Å². The second-order valence-electron chi connectivity index (χ2n) is 5.60. The fraction of sp³-hybridized carbons (Fsp3) is 0.923. The molecule has 0 aromatic rings. The second-order valence-corrected chi connectivity index (χ2v) is 5.60. The van der Waals surface area contributed by atoms with Crippen LogP contribution in [0.5, 0.6) is 0 Å². The van der Waals surface area contributed by atoms with E-state index >= 15 is 0 Å². The van der Waals surface area contributed by atoms with Crippen LogP contribution in [0.4, 0.5) is 0 Å². The van der Waals surface area contributed by atoms with E-state index in [4.69, 9.17) is 4.74 Å². The Labute approximate surface area is 92.4 Å². The van der Waals surface area contributed by atoms with Crippen LogP contribution in [0, 0.1) is 11.3 Å². The highest BCUT2D eigenvalue weighted by atomic mass is 16.5. The highest BCUT2D eigenvalue weighted by molar-refractivity contribution is 5.66. The molecule has 0 aromatic carbocycles. The summed E-state index contributed by atoms with van der Waals surface area (Å²) >= 11 is 0. The van der Waals surface area contributed by atoms with Gasteiger partial charge in [0.15, 0.2) is 0 Å². The lowest BCUT2D eigenvalue weighted by Gasteiger charge is -2.47. The molecular formula is C13H22O2. The van der Waals surface area contributed by atoms with Crippen molar-refractivity contribution in [3.63, 3.8) is 0 Å². The zero-order valence-corrected chi connectivity index (χ0v) is 9.92. The van der Waals surface area contributed by atoms with E-state index in [2.05, 4.69) is 6.92 Å². The van der Waals surface area contributed by atoms with Crippen LogP contribution in [-0.2, 0) is 9.53 Å². The maximum atomic E-state index is 10.9. The van der Waals surface area contributed by atoms with Gasteiger partial charge in [0.2, 0.25) is 0 Å². The fourth-order valence-corrected chi connectivity index (χ4v) is 3.47. The van der Waals surface area contributed by atoms with Gasteiger partial charge in [-0.2, -0.15) is 0 Å². The molecule has 0 heterocycles. The molecule has 0 spiro atoms. The van der Waals surface area contributed by atoms with Gasteiger partial charge in [0.05, 0.1) is 0 Å². The van der Waals surface area contributed by atoms with E-state index in [-0.39, 0.29) is 12.1 Å². The molecule has 0 amide bonds. The van der Waals surface area contributed by atoms with Gasteiger partial charge >= 0.3 is 5.97 Å². The predicted molar refractivity (Wildman–Crippen MR) is 59.5 cm³/mol. The third-order valence-corrected chi connectivity index (χ3v) is 4.45. The molecule has 2 aliphatic rings. The van der Waals surface area contributed by atoms with Gasteiger partial charge in [0.1, 0.15) is 6.10 Å². The SMILES string of the molecule is CC(=O)O[C@H]1CC[C@]2(C)CCCCC2C1. The van der Waals surface area contributed by atoms with Crippen LogP contribution < -0.4 is 0 Å². The second kappa shape index (κ2) is 4.15. The molecule has 2 heteroatoms. The zero-order valence-electron chi connectivity index (χ0n) is 9.92. The lowest BCUT2D eigenvalue weighted by molar-refractivity contribution is -0.151. The average Bonchev–Trinajstić information content (AvgIpc) is 2.17. The summed E-state index contributed by atoms with van der Waals surface area (Å²) in [6, 6.07) is 0. The number of esters is 1. The molecule has 0 aromatic heterocycles. The van der Waals surface area contributed by atoms with Crippen molar-refractivity contribution in [1.29, 1.82) is 0 Å². The molecule has 1 unspecified atom stereocenters. The largest absolute Gasteiger partial charge is 0.463 e. The minimum atomic E-state index is -0.112. The van der Waals surface area contributed by atoms with Crippen molar-refractivity contribution in [3.8, 4) is 0 Å². The highest BCUT2D eigenvalue weighted by Crippen LogP contribution is 2.50. The van der Waals surface area contributed by atoms with Crippen LogP contribution in [-0.4, -0.2) is 12.1 Å². The third kappa shape index (κ3) is 2.35. The smallest absolute Gasteiger partial charge is 0.302 e. The van der Waals surface area contributed by atoms with Crippen molar-refractivity contribution in [2.24, 2.45) is 11.3 Å². The van der Waals surface area contributed by atoms with Crippen LogP contribution in [0.3, 0.4) is 0 Å². The fourth-order valence-electron chi connectivity index (χ4n) is 3.47. The van der Waals surface area contributed by atoms with E-state index in [1.807, 2.05) is 0 Å². The summed E-state index contributed by atoms with van der Waals surface area (Å²) in [5.74, 6) is 0.684. The van der Waals surface area contributed by atoms with Crippen LogP contribution in [0.1, 0.15) is 58.8 Å². The Morgan fingerprint density at radius 2 is 2.07 bits per heavy atom. The number of carbonyl (C=O) groups excluding carboxylic acids is 1. The molecule has 0 saturated heterocycles. The van der Waals surface area contributed by atoms with E-state index in [1.54, 1.807) is 0 Å².